The first-order valence-electron chi connectivity index (χ1n) is 11.8. The van der Waals surface area contributed by atoms with Gasteiger partial charge in [0.1, 0.15) is 5.82 Å². The van der Waals surface area contributed by atoms with Gasteiger partial charge in [0.25, 0.3) is 0 Å². The van der Waals surface area contributed by atoms with Gasteiger partial charge in [-0.05, 0) is 65.9 Å². The van der Waals surface area contributed by atoms with Crippen LogP contribution in [-0.4, -0.2) is 9.55 Å². The Balaban J connectivity index is 1.50. The van der Waals surface area contributed by atoms with Crippen molar-refractivity contribution in [2.24, 2.45) is 0 Å². The maximum absolute atomic E-state index is 5.19. The van der Waals surface area contributed by atoms with Gasteiger partial charge in [0.2, 0.25) is 0 Å². The first-order valence-corrected chi connectivity index (χ1v) is 11.8. The van der Waals surface area contributed by atoms with Gasteiger partial charge in [0, 0.05) is 22.9 Å². The quantitative estimate of drug-likeness (QED) is 0.272. The number of benzene rings is 4. The molecule has 0 unspecified atom stereocenters. The lowest BCUT2D eigenvalue weighted by molar-refractivity contribution is 0.995. The Morgan fingerprint density at radius 1 is 0.618 bits per heavy atom. The molecular weight excluding hydrogens is 412 g/mol. The average molecular weight is 439 g/mol. The van der Waals surface area contributed by atoms with Gasteiger partial charge >= 0.3 is 0 Å². The molecule has 2 aromatic heterocycles. The van der Waals surface area contributed by atoms with E-state index in [0.717, 1.165) is 17.9 Å². The van der Waals surface area contributed by atoms with Gasteiger partial charge in [0.05, 0.1) is 11.0 Å². The van der Waals surface area contributed by atoms with E-state index < -0.39 is 0 Å². The Kier molecular flexibility index (Phi) is 5.00. The van der Waals surface area contributed by atoms with Crippen molar-refractivity contribution in [3.05, 3.63) is 132 Å². The summed E-state index contributed by atoms with van der Waals surface area (Å²) in [6, 6.07) is 38.9. The summed E-state index contributed by atoms with van der Waals surface area (Å²) in [4.78, 5) is 5.19. The molecule has 164 valence electrons. The molecule has 4 aromatic carbocycles. The van der Waals surface area contributed by atoms with Crippen LogP contribution in [0.15, 0.2) is 109 Å². The zero-order valence-corrected chi connectivity index (χ0v) is 19.5. The van der Waals surface area contributed by atoms with Crippen molar-refractivity contribution in [2.45, 2.75) is 20.3 Å². The molecule has 2 nitrogen and oxygen atoms in total. The van der Waals surface area contributed by atoms with Crippen LogP contribution in [0, 0.1) is 13.8 Å². The van der Waals surface area contributed by atoms with Crippen LogP contribution in [0.3, 0.4) is 0 Å². The number of nitrogens with zero attached hydrogens (tertiary/aromatic N) is 2. The normalized spacial score (nSPS) is 11.4. The fourth-order valence-corrected chi connectivity index (χ4v) is 5.10. The van der Waals surface area contributed by atoms with Crippen molar-refractivity contribution in [1.29, 1.82) is 0 Å². The fourth-order valence-electron chi connectivity index (χ4n) is 5.10. The highest BCUT2D eigenvalue weighted by Crippen LogP contribution is 2.32. The van der Waals surface area contributed by atoms with Crippen LogP contribution in [0.2, 0.25) is 0 Å². The second-order valence-corrected chi connectivity index (χ2v) is 9.01. The Labute approximate surface area is 200 Å². The fraction of sp³-hybridized carbons (Fsp3) is 0.0938. The van der Waals surface area contributed by atoms with E-state index in [1.807, 2.05) is 0 Å². The lowest BCUT2D eigenvalue weighted by Gasteiger charge is -2.14. The summed E-state index contributed by atoms with van der Waals surface area (Å²) in [7, 11) is 0. The lowest BCUT2D eigenvalue weighted by Crippen LogP contribution is -2.03. The van der Waals surface area contributed by atoms with Crippen LogP contribution in [0.5, 0.6) is 0 Å². The van der Waals surface area contributed by atoms with E-state index in [4.69, 9.17) is 4.98 Å². The van der Waals surface area contributed by atoms with E-state index in [1.165, 1.54) is 49.6 Å². The zero-order valence-electron chi connectivity index (χ0n) is 19.5. The second-order valence-electron chi connectivity index (χ2n) is 9.01. The third kappa shape index (κ3) is 3.48. The maximum atomic E-state index is 5.19. The van der Waals surface area contributed by atoms with Crippen molar-refractivity contribution in [3.63, 3.8) is 0 Å². The summed E-state index contributed by atoms with van der Waals surface area (Å²) in [5, 5.41) is 2.51. The van der Waals surface area contributed by atoms with Gasteiger partial charge in [0.15, 0.2) is 0 Å². The molecule has 0 bridgehead atoms. The molecular formula is C32H26N2. The number of hydrogen-bond acceptors (Lipinski definition) is 1. The molecule has 0 aliphatic carbocycles. The Morgan fingerprint density at radius 2 is 1.21 bits per heavy atom. The van der Waals surface area contributed by atoms with Crippen molar-refractivity contribution < 1.29 is 0 Å². The highest BCUT2D eigenvalue weighted by atomic mass is 15.1. The topological polar surface area (TPSA) is 17.8 Å². The van der Waals surface area contributed by atoms with Crippen LogP contribution < -0.4 is 0 Å². The summed E-state index contributed by atoms with van der Waals surface area (Å²) in [5.41, 5.74) is 9.83. The van der Waals surface area contributed by atoms with Crippen molar-refractivity contribution in [1.82, 2.24) is 9.55 Å². The molecule has 6 rings (SSSR count). The molecule has 0 aliphatic rings. The van der Waals surface area contributed by atoms with Crippen LogP contribution >= 0.6 is 0 Å². The first kappa shape index (κ1) is 20.4. The molecule has 0 saturated heterocycles. The number of para-hydroxylation sites is 2. The summed E-state index contributed by atoms with van der Waals surface area (Å²) < 4.78 is 2.30. The summed E-state index contributed by atoms with van der Waals surface area (Å²) in [6.45, 7) is 4.34. The standard InChI is InChI=1S/C32H26N2/c1-22-19-25(21-24-12-4-6-14-27(24)26-13-5-3-11-23(26)2)33-32(20-22)34-30-17-9-7-15-28(30)29-16-8-10-18-31(29)34/h3-20H,21H2,1-2H3. The molecule has 0 N–H and O–H groups in total. The van der Waals surface area contributed by atoms with Crippen LogP contribution in [0.1, 0.15) is 22.4 Å². The third-order valence-corrected chi connectivity index (χ3v) is 6.64. The number of hydrogen-bond donors (Lipinski definition) is 0. The third-order valence-electron chi connectivity index (χ3n) is 6.64. The average Bonchev–Trinajstić information content (AvgIpc) is 3.19. The van der Waals surface area contributed by atoms with Gasteiger partial charge in [-0.2, -0.15) is 0 Å². The second kappa shape index (κ2) is 8.31. The van der Waals surface area contributed by atoms with Crippen molar-refractivity contribution in [2.75, 3.05) is 0 Å². The van der Waals surface area contributed by atoms with E-state index in [-0.39, 0.29) is 0 Å². The van der Waals surface area contributed by atoms with Crippen molar-refractivity contribution >= 4 is 21.8 Å². The molecule has 0 atom stereocenters. The number of aromatic nitrogens is 2. The number of aryl methyl sites for hydroxylation is 2. The predicted molar refractivity (Wildman–Crippen MR) is 143 cm³/mol. The molecule has 2 heterocycles. The molecule has 6 aromatic rings. The number of rotatable bonds is 4. The van der Waals surface area contributed by atoms with Crippen LogP contribution in [-0.2, 0) is 6.42 Å². The zero-order chi connectivity index (χ0) is 23.1. The summed E-state index contributed by atoms with van der Waals surface area (Å²) >= 11 is 0. The monoisotopic (exact) mass is 438 g/mol. The molecule has 0 amide bonds. The molecule has 0 spiro atoms. The number of pyridine rings is 1. The molecule has 0 radical (unpaired) electrons. The molecule has 2 heteroatoms. The molecule has 0 saturated carbocycles. The molecule has 34 heavy (non-hydrogen) atoms. The minimum absolute atomic E-state index is 0.788. The lowest BCUT2D eigenvalue weighted by atomic mass is 9.93. The molecule has 0 aliphatic heterocycles. The van der Waals surface area contributed by atoms with Gasteiger partial charge in [-0.3, -0.25) is 4.57 Å². The van der Waals surface area contributed by atoms with Gasteiger partial charge in [-0.25, -0.2) is 4.98 Å². The summed E-state index contributed by atoms with van der Waals surface area (Å²) in [6.07, 6.45) is 0.788. The Morgan fingerprint density at radius 3 is 1.91 bits per heavy atom. The Bertz CT molecular complexity index is 1600. The van der Waals surface area contributed by atoms with E-state index in [0.29, 0.717) is 0 Å². The minimum Gasteiger partial charge on any atom is -0.294 e. The SMILES string of the molecule is Cc1cc(Cc2ccccc2-c2ccccc2C)nc(-n2c3ccccc3c3ccccc32)c1. The van der Waals surface area contributed by atoms with Gasteiger partial charge in [-0.15, -0.1) is 0 Å². The van der Waals surface area contributed by atoms with E-state index in [1.54, 1.807) is 0 Å². The maximum Gasteiger partial charge on any atom is 0.138 e. The smallest absolute Gasteiger partial charge is 0.138 e. The molecule has 0 fully saturated rings. The number of fused-ring (bicyclic) bond motifs is 3. The highest BCUT2D eigenvalue weighted by Gasteiger charge is 2.14. The van der Waals surface area contributed by atoms with Gasteiger partial charge in [-0.1, -0.05) is 84.9 Å². The summed E-state index contributed by atoms with van der Waals surface area (Å²) in [5.74, 6) is 0.973. The predicted octanol–water partition coefficient (Wildman–Crippen LogP) is 8.05. The van der Waals surface area contributed by atoms with Crippen molar-refractivity contribution in [3.8, 4) is 16.9 Å². The van der Waals surface area contributed by atoms with E-state index >= 15 is 0 Å². The first-order chi connectivity index (χ1) is 16.7. The highest BCUT2D eigenvalue weighted by molar-refractivity contribution is 6.09. The van der Waals surface area contributed by atoms with E-state index in [9.17, 15) is 0 Å². The largest absolute Gasteiger partial charge is 0.294 e. The Hall–Kier alpha value is -4.17. The minimum atomic E-state index is 0.788. The van der Waals surface area contributed by atoms with E-state index in [2.05, 4.69) is 128 Å². The van der Waals surface area contributed by atoms with Crippen LogP contribution in [0.4, 0.5) is 0 Å². The van der Waals surface area contributed by atoms with Gasteiger partial charge < -0.3 is 0 Å². The van der Waals surface area contributed by atoms with Crippen LogP contribution in [0.25, 0.3) is 38.8 Å².